The van der Waals surface area contributed by atoms with Crippen LogP contribution in [-0.4, -0.2) is 48.6 Å². The van der Waals surface area contributed by atoms with E-state index in [-0.39, 0.29) is 6.04 Å². The van der Waals surface area contributed by atoms with Gasteiger partial charge in [-0.05, 0) is 19.2 Å². The summed E-state index contributed by atoms with van der Waals surface area (Å²) in [5, 5.41) is 8.03. The number of likely N-dealkylation sites (tertiary alicyclic amines) is 1. The average Bonchev–Trinajstić information content (AvgIpc) is 3.17. The minimum absolute atomic E-state index is 0.133. The molecule has 5 nitrogen and oxygen atoms in total. The van der Waals surface area contributed by atoms with Gasteiger partial charge in [-0.25, -0.2) is 5.01 Å². The Morgan fingerprint density at radius 3 is 2.68 bits per heavy atom. The van der Waals surface area contributed by atoms with Gasteiger partial charge in [0.1, 0.15) is 0 Å². The second kappa shape index (κ2) is 6.68. The first-order valence-corrected chi connectivity index (χ1v) is 10.2. The van der Waals surface area contributed by atoms with Crippen LogP contribution in [0.4, 0.5) is 0 Å². The molecule has 0 radical (unpaired) electrons. The van der Waals surface area contributed by atoms with E-state index >= 15 is 0 Å². The maximum absolute atomic E-state index is 6.69. The number of benzene rings is 2. The molecule has 1 fully saturated rings. The van der Waals surface area contributed by atoms with Crippen molar-refractivity contribution in [3.05, 3.63) is 58.6 Å². The molecular weight excluding hydrogens is 374 g/mol. The zero-order valence-electron chi connectivity index (χ0n) is 16.2. The Balaban J connectivity index is 1.62. The van der Waals surface area contributed by atoms with Gasteiger partial charge in [-0.3, -0.25) is 0 Å². The van der Waals surface area contributed by atoms with E-state index in [9.17, 15) is 0 Å². The van der Waals surface area contributed by atoms with Crippen LogP contribution < -0.4 is 9.47 Å². The summed E-state index contributed by atoms with van der Waals surface area (Å²) >= 11 is 6.49. The van der Waals surface area contributed by atoms with Crippen LogP contribution in [0.5, 0.6) is 11.5 Å². The molecule has 146 valence electrons. The van der Waals surface area contributed by atoms with Crippen LogP contribution in [0.15, 0.2) is 47.6 Å². The number of hydrazone groups is 1. The number of hydrogen-bond acceptors (Lipinski definition) is 5. The van der Waals surface area contributed by atoms with Crippen molar-refractivity contribution < 1.29 is 9.47 Å². The predicted molar refractivity (Wildman–Crippen MR) is 110 cm³/mol. The van der Waals surface area contributed by atoms with E-state index in [4.69, 9.17) is 26.2 Å². The quantitative estimate of drug-likeness (QED) is 0.756. The van der Waals surface area contributed by atoms with Crippen LogP contribution in [0.1, 0.15) is 36.4 Å². The highest BCUT2D eigenvalue weighted by Crippen LogP contribution is 2.52. The number of ether oxygens (including phenoxy) is 2. The van der Waals surface area contributed by atoms with E-state index in [1.807, 2.05) is 36.4 Å². The van der Waals surface area contributed by atoms with Crippen molar-refractivity contribution in [3.63, 3.8) is 0 Å². The van der Waals surface area contributed by atoms with Crippen LogP contribution >= 0.6 is 11.6 Å². The fourth-order valence-corrected chi connectivity index (χ4v) is 4.83. The zero-order valence-corrected chi connectivity index (χ0v) is 16.9. The molecule has 0 saturated carbocycles. The van der Waals surface area contributed by atoms with Gasteiger partial charge in [-0.15, -0.1) is 0 Å². The number of nitrogens with zero attached hydrogens (tertiary/aromatic N) is 3. The molecule has 1 atom stereocenters. The van der Waals surface area contributed by atoms with Crippen molar-refractivity contribution in [1.82, 2.24) is 9.91 Å². The SMILES string of the molecule is COc1cccc2c1OC1(CCN(C)CC1)N1N=C(c3ccccc3Cl)CC21. The molecule has 0 aliphatic carbocycles. The minimum atomic E-state index is -0.443. The topological polar surface area (TPSA) is 37.3 Å². The molecule has 0 bridgehead atoms. The summed E-state index contributed by atoms with van der Waals surface area (Å²) in [5.74, 6) is 1.66. The van der Waals surface area contributed by atoms with Gasteiger partial charge in [0.05, 0.1) is 18.9 Å². The molecule has 5 rings (SSSR count). The van der Waals surface area contributed by atoms with Gasteiger partial charge in [-0.2, -0.15) is 5.10 Å². The number of fused-ring (bicyclic) bond motifs is 4. The molecule has 3 aliphatic rings. The van der Waals surface area contributed by atoms with Crippen molar-refractivity contribution >= 4 is 17.3 Å². The Morgan fingerprint density at radius 2 is 1.93 bits per heavy atom. The summed E-state index contributed by atoms with van der Waals surface area (Å²) in [6.45, 7) is 1.95. The summed E-state index contributed by atoms with van der Waals surface area (Å²) in [4.78, 5) is 2.34. The first-order valence-electron chi connectivity index (χ1n) is 9.77. The van der Waals surface area contributed by atoms with E-state index < -0.39 is 5.72 Å². The smallest absolute Gasteiger partial charge is 0.200 e. The number of halogens is 1. The van der Waals surface area contributed by atoms with Gasteiger partial charge >= 0.3 is 0 Å². The Kier molecular flexibility index (Phi) is 4.25. The van der Waals surface area contributed by atoms with Gasteiger partial charge in [0.2, 0.25) is 5.72 Å². The van der Waals surface area contributed by atoms with Crippen LogP contribution in [0.2, 0.25) is 5.02 Å². The third-order valence-electron chi connectivity index (χ3n) is 6.16. The molecule has 3 aliphatic heterocycles. The Hall–Kier alpha value is -2.24. The first kappa shape index (κ1) is 17.8. The Bertz CT molecular complexity index is 937. The molecule has 1 saturated heterocycles. The lowest BCUT2D eigenvalue weighted by atomic mass is 9.90. The fourth-order valence-electron chi connectivity index (χ4n) is 4.59. The van der Waals surface area contributed by atoms with Crippen molar-refractivity contribution in [3.8, 4) is 11.5 Å². The molecular formula is C22H24ClN3O2. The standard InChI is InChI=1S/C22H24ClN3O2/c1-25-12-10-22(11-13-25)26-19(16-7-5-9-20(27-2)21(16)28-22)14-18(24-26)15-6-3-4-8-17(15)23/h3-9,19H,10-14H2,1-2H3. The van der Waals surface area contributed by atoms with E-state index in [0.717, 1.165) is 65.7 Å². The average molecular weight is 398 g/mol. The van der Waals surface area contributed by atoms with E-state index in [1.165, 1.54) is 0 Å². The van der Waals surface area contributed by atoms with Gasteiger partial charge in [0, 0.05) is 48.5 Å². The summed E-state index contributed by atoms with van der Waals surface area (Å²) in [6, 6.07) is 14.2. The Labute approximate surface area is 170 Å². The number of methoxy groups -OCH3 is 1. The number of rotatable bonds is 2. The van der Waals surface area contributed by atoms with Crippen molar-refractivity contribution in [2.45, 2.75) is 31.0 Å². The molecule has 1 spiro atoms. The highest BCUT2D eigenvalue weighted by Gasteiger charge is 2.52. The van der Waals surface area contributed by atoms with Gasteiger partial charge in [0.25, 0.3) is 0 Å². The largest absolute Gasteiger partial charge is 0.493 e. The molecule has 6 heteroatoms. The first-order chi connectivity index (χ1) is 13.6. The zero-order chi connectivity index (χ0) is 19.3. The molecule has 3 heterocycles. The molecule has 28 heavy (non-hydrogen) atoms. The monoisotopic (exact) mass is 397 g/mol. The lowest BCUT2D eigenvalue weighted by Crippen LogP contribution is -2.58. The van der Waals surface area contributed by atoms with Crippen LogP contribution in [0.3, 0.4) is 0 Å². The van der Waals surface area contributed by atoms with E-state index in [1.54, 1.807) is 7.11 Å². The summed E-state index contributed by atoms with van der Waals surface area (Å²) in [5.41, 5.74) is 2.72. The highest BCUT2D eigenvalue weighted by molar-refractivity contribution is 6.34. The fraction of sp³-hybridized carbons (Fsp3) is 0.409. The third kappa shape index (κ3) is 2.68. The lowest BCUT2D eigenvalue weighted by molar-refractivity contribution is -0.148. The maximum Gasteiger partial charge on any atom is 0.200 e. The Morgan fingerprint density at radius 1 is 1.14 bits per heavy atom. The van der Waals surface area contributed by atoms with Crippen molar-refractivity contribution in [1.29, 1.82) is 0 Å². The number of piperidine rings is 1. The molecule has 1 unspecified atom stereocenters. The maximum atomic E-state index is 6.69. The number of para-hydroxylation sites is 1. The van der Waals surface area contributed by atoms with Crippen LogP contribution in [0.25, 0.3) is 0 Å². The van der Waals surface area contributed by atoms with E-state index in [2.05, 4.69) is 23.0 Å². The number of hydrogen-bond donors (Lipinski definition) is 0. The summed E-state index contributed by atoms with van der Waals surface area (Å²) in [7, 11) is 3.86. The summed E-state index contributed by atoms with van der Waals surface area (Å²) < 4.78 is 12.3. The highest BCUT2D eigenvalue weighted by atomic mass is 35.5. The molecule has 0 aromatic heterocycles. The van der Waals surface area contributed by atoms with Gasteiger partial charge in [-0.1, -0.05) is 41.9 Å². The van der Waals surface area contributed by atoms with Crippen LogP contribution in [-0.2, 0) is 0 Å². The molecule has 0 amide bonds. The second-order valence-electron chi connectivity index (χ2n) is 7.82. The molecule has 0 N–H and O–H groups in total. The second-order valence-corrected chi connectivity index (χ2v) is 8.23. The van der Waals surface area contributed by atoms with Crippen molar-refractivity contribution in [2.24, 2.45) is 5.10 Å². The lowest BCUT2D eigenvalue weighted by Gasteiger charge is -2.50. The van der Waals surface area contributed by atoms with Gasteiger partial charge in [0.15, 0.2) is 11.5 Å². The molecule has 2 aromatic carbocycles. The minimum Gasteiger partial charge on any atom is -0.493 e. The van der Waals surface area contributed by atoms with E-state index in [0.29, 0.717) is 0 Å². The predicted octanol–water partition coefficient (Wildman–Crippen LogP) is 4.31. The van der Waals surface area contributed by atoms with Crippen LogP contribution in [0, 0.1) is 0 Å². The third-order valence-corrected chi connectivity index (χ3v) is 6.49. The molecule has 2 aromatic rings. The normalized spacial score (nSPS) is 23.0. The van der Waals surface area contributed by atoms with Crippen molar-refractivity contribution in [2.75, 3.05) is 27.2 Å². The summed E-state index contributed by atoms with van der Waals surface area (Å²) in [6.07, 6.45) is 2.61. The van der Waals surface area contributed by atoms with Gasteiger partial charge < -0.3 is 14.4 Å².